The molecule has 0 saturated heterocycles. The lowest BCUT2D eigenvalue weighted by Crippen LogP contribution is -2.03. The summed E-state index contributed by atoms with van der Waals surface area (Å²) in [6, 6.07) is 9.86. The molecule has 2 nitrogen and oxygen atoms in total. The van der Waals surface area contributed by atoms with Crippen molar-refractivity contribution in [1.82, 2.24) is 0 Å². The SMILES string of the molecule is CCC(C)c1ccc(-c2ccccc2OCC=O)c(F)c1F. The van der Waals surface area contributed by atoms with Crippen molar-refractivity contribution < 1.29 is 18.3 Å². The van der Waals surface area contributed by atoms with Gasteiger partial charge >= 0.3 is 0 Å². The number of aldehydes is 1. The second-order valence-electron chi connectivity index (χ2n) is 5.11. The van der Waals surface area contributed by atoms with Crippen molar-refractivity contribution in [2.45, 2.75) is 26.2 Å². The molecule has 0 aliphatic carbocycles. The minimum absolute atomic E-state index is 0.0508. The van der Waals surface area contributed by atoms with Crippen LogP contribution < -0.4 is 4.74 Å². The minimum atomic E-state index is -0.889. The number of benzene rings is 2. The van der Waals surface area contributed by atoms with Gasteiger partial charge in [-0.1, -0.05) is 44.2 Å². The summed E-state index contributed by atoms with van der Waals surface area (Å²) in [6.07, 6.45) is 1.34. The van der Waals surface area contributed by atoms with E-state index in [1.807, 2.05) is 13.8 Å². The van der Waals surface area contributed by atoms with Crippen LogP contribution in [0.2, 0.25) is 0 Å². The molecule has 2 aromatic rings. The Balaban J connectivity index is 2.50. The number of hydrogen-bond acceptors (Lipinski definition) is 2. The fraction of sp³-hybridized carbons (Fsp3) is 0.278. The van der Waals surface area contributed by atoms with Crippen molar-refractivity contribution in [2.24, 2.45) is 0 Å². The number of carbonyl (C=O) groups is 1. The third kappa shape index (κ3) is 3.16. The summed E-state index contributed by atoms with van der Waals surface area (Å²) in [4.78, 5) is 10.4. The standard InChI is InChI=1S/C18H18F2O2/c1-3-12(2)13-8-9-15(18(20)17(13)19)14-6-4-5-7-16(14)22-11-10-21/h4-10,12H,3,11H2,1-2H3. The Morgan fingerprint density at radius 3 is 2.50 bits per heavy atom. The Labute approximate surface area is 128 Å². The fourth-order valence-corrected chi connectivity index (χ4v) is 2.31. The molecule has 0 saturated carbocycles. The first-order valence-corrected chi connectivity index (χ1v) is 7.23. The molecule has 1 atom stereocenters. The van der Waals surface area contributed by atoms with E-state index in [9.17, 15) is 13.6 Å². The predicted octanol–water partition coefficient (Wildman–Crippen LogP) is 4.72. The van der Waals surface area contributed by atoms with Gasteiger partial charge in [0.15, 0.2) is 17.9 Å². The van der Waals surface area contributed by atoms with E-state index >= 15 is 0 Å². The minimum Gasteiger partial charge on any atom is -0.485 e. The van der Waals surface area contributed by atoms with Crippen LogP contribution in [0.4, 0.5) is 8.78 Å². The van der Waals surface area contributed by atoms with Gasteiger partial charge in [-0.3, -0.25) is 4.79 Å². The van der Waals surface area contributed by atoms with Crippen LogP contribution in [0.3, 0.4) is 0 Å². The molecule has 2 rings (SSSR count). The van der Waals surface area contributed by atoms with Crippen molar-refractivity contribution in [2.75, 3.05) is 6.61 Å². The zero-order valence-electron chi connectivity index (χ0n) is 12.6. The number of para-hydroxylation sites is 1. The van der Waals surface area contributed by atoms with Crippen LogP contribution in [-0.2, 0) is 4.79 Å². The largest absolute Gasteiger partial charge is 0.485 e. The van der Waals surface area contributed by atoms with E-state index in [1.165, 1.54) is 0 Å². The van der Waals surface area contributed by atoms with E-state index in [2.05, 4.69) is 0 Å². The second-order valence-corrected chi connectivity index (χ2v) is 5.11. The summed E-state index contributed by atoms with van der Waals surface area (Å²) in [5, 5.41) is 0. The molecule has 0 spiro atoms. The molecule has 0 fully saturated rings. The van der Waals surface area contributed by atoms with Crippen molar-refractivity contribution in [3.63, 3.8) is 0 Å². The Morgan fingerprint density at radius 1 is 1.09 bits per heavy atom. The van der Waals surface area contributed by atoms with E-state index in [0.29, 0.717) is 23.2 Å². The van der Waals surface area contributed by atoms with Crippen LogP contribution in [0.5, 0.6) is 5.75 Å². The highest BCUT2D eigenvalue weighted by molar-refractivity contribution is 5.71. The molecule has 0 amide bonds. The number of hydrogen-bond donors (Lipinski definition) is 0. The van der Waals surface area contributed by atoms with Gasteiger partial charge in [0, 0.05) is 11.1 Å². The maximum absolute atomic E-state index is 14.4. The van der Waals surface area contributed by atoms with Gasteiger partial charge in [0.05, 0.1) is 0 Å². The monoisotopic (exact) mass is 304 g/mol. The number of rotatable bonds is 6. The molecule has 0 heterocycles. The van der Waals surface area contributed by atoms with E-state index in [4.69, 9.17) is 4.74 Å². The summed E-state index contributed by atoms with van der Waals surface area (Å²) < 4.78 is 34.0. The van der Waals surface area contributed by atoms with Gasteiger partial charge in [-0.2, -0.15) is 0 Å². The maximum Gasteiger partial charge on any atom is 0.167 e. The molecule has 0 aromatic heterocycles. The molecular weight excluding hydrogens is 286 g/mol. The molecule has 2 aromatic carbocycles. The molecule has 116 valence electrons. The summed E-state index contributed by atoms with van der Waals surface area (Å²) in [7, 11) is 0. The third-order valence-electron chi connectivity index (χ3n) is 3.74. The molecular formula is C18H18F2O2. The lowest BCUT2D eigenvalue weighted by molar-refractivity contribution is -0.109. The van der Waals surface area contributed by atoms with Crippen LogP contribution in [0.25, 0.3) is 11.1 Å². The molecule has 22 heavy (non-hydrogen) atoms. The highest BCUT2D eigenvalue weighted by Crippen LogP contribution is 2.35. The van der Waals surface area contributed by atoms with Crippen LogP contribution >= 0.6 is 0 Å². The average molecular weight is 304 g/mol. The van der Waals surface area contributed by atoms with Crippen molar-refractivity contribution in [1.29, 1.82) is 0 Å². The summed E-state index contributed by atoms with van der Waals surface area (Å²) in [6.45, 7) is 3.66. The van der Waals surface area contributed by atoms with Crippen molar-refractivity contribution >= 4 is 6.29 Å². The number of carbonyl (C=O) groups excluding carboxylic acids is 1. The van der Waals surface area contributed by atoms with E-state index in [1.54, 1.807) is 36.4 Å². The van der Waals surface area contributed by atoms with Gasteiger partial charge in [-0.25, -0.2) is 8.78 Å². The predicted molar refractivity (Wildman–Crippen MR) is 82.1 cm³/mol. The topological polar surface area (TPSA) is 26.3 Å². The normalized spacial score (nSPS) is 12.0. The van der Waals surface area contributed by atoms with Crippen LogP contribution in [0.1, 0.15) is 31.7 Å². The van der Waals surface area contributed by atoms with Crippen molar-refractivity contribution in [3.8, 4) is 16.9 Å². The van der Waals surface area contributed by atoms with Crippen LogP contribution in [-0.4, -0.2) is 12.9 Å². The zero-order chi connectivity index (χ0) is 16.1. The molecule has 0 bridgehead atoms. The summed E-state index contributed by atoms with van der Waals surface area (Å²) in [5.41, 5.74) is 0.928. The van der Waals surface area contributed by atoms with Crippen molar-refractivity contribution in [3.05, 3.63) is 53.6 Å². The molecule has 0 radical (unpaired) electrons. The third-order valence-corrected chi connectivity index (χ3v) is 3.74. The molecule has 0 aliphatic rings. The van der Waals surface area contributed by atoms with E-state index in [0.717, 1.165) is 6.42 Å². The van der Waals surface area contributed by atoms with Gasteiger partial charge in [-0.15, -0.1) is 0 Å². The summed E-state index contributed by atoms with van der Waals surface area (Å²) in [5.74, 6) is -1.41. The van der Waals surface area contributed by atoms with Gasteiger partial charge in [0.2, 0.25) is 0 Å². The van der Waals surface area contributed by atoms with Crippen LogP contribution in [0.15, 0.2) is 36.4 Å². The fourth-order valence-electron chi connectivity index (χ4n) is 2.31. The maximum atomic E-state index is 14.4. The first kappa shape index (κ1) is 16.1. The number of halogens is 2. The molecule has 0 N–H and O–H groups in total. The highest BCUT2D eigenvalue weighted by atomic mass is 19.2. The van der Waals surface area contributed by atoms with E-state index < -0.39 is 11.6 Å². The Kier molecular flexibility index (Phi) is 5.26. The Bertz CT molecular complexity index is 668. The van der Waals surface area contributed by atoms with Gasteiger partial charge in [0.1, 0.15) is 12.4 Å². The van der Waals surface area contributed by atoms with Gasteiger partial charge in [-0.05, 0) is 24.0 Å². The van der Waals surface area contributed by atoms with Crippen LogP contribution in [0, 0.1) is 11.6 Å². The lowest BCUT2D eigenvalue weighted by atomic mass is 9.94. The highest BCUT2D eigenvalue weighted by Gasteiger charge is 2.19. The molecule has 1 unspecified atom stereocenters. The first-order valence-electron chi connectivity index (χ1n) is 7.23. The van der Waals surface area contributed by atoms with Gasteiger partial charge in [0.25, 0.3) is 0 Å². The molecule has 0 aliphatic heterocycles. The smallest absolute Gasteiger partial charge is 0.167 e. The lowest BCUT2D eigenvalue weighted by Gasteiger charge is -2.15. The average Bonchev–Trinajstić information content (AvgIpc) is 2.55. The number of ether oxygens (including phenoxy) is 1. The quantitative estimate of drug-likeness (QED) is 0.722. The second kappa shape index (κ2) is 7.16. The Hall–Kier alpha value is -2.23. The van der Waals surface area contributed by atoms with Gasteiger partial charge < -0.3 is 4.74 Å². The zero-order valence-corrected chi connectivity index (χ0v) is 12.6. The summed E-state index contributed by atoms with van der Waals surface area (Å²) >= 11 is 0. The molecule has 4 heteroatoms. The Morgan fingerprint density at radius 2 is 1.82 bits per heavy atom. The first-order chi connectivity index (χ1) is 10.6. The van der Waals surface area contributed by atoms with E-state index in [-0.39, 0.29) is 18.1 Å².